The lowest BCUT2D eigenvalue weighted by atomic mass is 9.86. The van der Waals surface area contributed by atoms with Crippen molar-refractivity contribution in [3.63, 3.8) is 0 Å². The van der Waals surface area contributed by atoms with Gasteiger partial charge in [-0.1, -0.05) is 31.4 Å². The Kier molecular flexibility index (Phi) is 2.86. The third-order valence-corrected chi connectivity index (χ3v) is 2.66. The van der Waals surface area contributed by atoms with Gasteiger partial charge in [0.15, 0.2) is 0 Å². The molecule has 0 bridgehead atoms. The van der Waals surface area contributed by atoms with Crippen LogP contribution in [-0.4, -0.2) is 0 Å². The predicted molar refractivity (Wildman–Crippen MR) is 55.8 cm³/mol. The molecule has 0 aromatic rings. The zero-order chi connectivity index (χ0) is 8.93. The number of hydrogen-bond donors (Lipinski definition) is 1. The number of allylic oxidation sites excluding steroid dienone is 5. The van der Waals surface area contributed by atoms with Crippen LogP contribution in [0.1, 0.15) is 32.1 Å². The summed E-state index contributed by atoms with van der Waals surface area (Å²) in [6.45, 7) is 0. The highest BCUT2D eigenvalue weighted by atomic mass is 14.9. The molecule has 0 unspecified atom stereocenters. The van der Waals surface area contributed by atoms with Crippen LogP contribution in [0.4, 0.5) is 0 Å². The van der Waals surface area contributed by atoms with Gasteiger partial charge in [-0.15, -0.1) is 0 Å². The first-order chi connectivity index (χ1) is 6.47. The Morgan fingerprint density at radius 3 is 2.62 bits per heavy atom. The van der Waals surface area contributed by atoms with Crippen LogP contribution in [0.2, 0.25) is 0 Å². The molecule has 1 radical (unpaired) electrons. The van der Waals surface area contributed by atoms with Gasteiger partial charge >= 0.3 is 0 Å². The summed E-state index contributed by atoms with van der Waals surface area (Å²) in [6.07, 6.45) is 17.1. The Labute approximate surface area is 80.2 Å². The molecular formula is C12H16N. The maximum absolute atomic E-state index is 3.33. The molecule has 1 fully saturated rings. The lowest BCUT2D eigenvalue weighted by molar-refractivity contribution is 0.540. The molecule has 2 aliphatic rings. The quantitative estimate of drug-likeness (QED) is 0.644. The Morgan fingerprint density at radius 1 is 0.923 bits per heavy atom. The first-order valence-electron chi connectivity index (χ1n) is 5.12. The molecule has 1 aliphatic heterocycles. The fourth-order valence-electron chi connectivity index (χ4n) is 1.93. The van der Waals surface area contributed by atoms with Crippen LogP contribution in [0.25, 0.3) is 0 Å². The van der Waals surface area contributed by atoms with E-state index in [-0.39, 0.29) is 0 Å². The normalized spacial score (nSPS) is 23.5. The summed E-state index contributed by atoms with van der Waals surface area (Å²) >= 11 is 0. The molecule has 0 aromatic heterocycles. The third-order valence-electron chi connectivity index (χ3n) is 2.66. The molecule has 0 spiro atoms. The van der Waals surface area contributed by atoms with E-state index in [1.165, 1.54) is 37.8 Å². The zero-order valence-corrected chi connectivity index (χ0v) is 7.92. The predicted octanol–water partition coefficient (Wildman–Crippen LogP) is 3.08. The van der Waals surface area contributed by atoms with Gasteiger partial charge in [-0.2, -0.15) is 0 Å². The van der Waals surface area contributed by atoms with Crippen LogP contribution in [-0.2, 0) is 0 Å². The summed E-state index contributed by atoms with van der Waals surface area (Å²) in [6, 6.07) is 0. The summed E-state index contributed by atoms with van der Waals surface area (Å²) in [5, 5.41) is 3.33. The van der Waals surface area contributed by atoms with Gasteiger partial charge in [0.25, 0.3) is 0 Å². The van der Waals surface area contributed by atoms with Crippen LogP contribution < -0.4 is 5.32 Å². The second-order valence-corrected chi connectivity index (χ2v) is 3.63. The van der Waals surface area contributed by atoms with Crippen LogP contribution in [0, 0.1) is 5.92 Å². The maximum Gasteiger partial charge on any atom is 0.0219 e. The van der Waals surface area contributed by atoms with Crippen LogP contribution in [0.15, 0.2) is 36.2 Å². The van der Waals surface area contributed by atoms with Gasteiger partial charge in [-0.25, -0.2) is 0 Å². The molecule has 0 aromatic carbocycles. The third kappa shape index (κ3) is 2.24. The largest absolute Gasteiger partial charge is 0.365 e. The van der Waals surface area contributed by atoms with Crippen molar-refractivity contribution in [1.82, 2.24) is 5.32 Å². The molecule has 2 rings (SSSR count). The van der Waals surface area contributed by atoms with E-state index >= 15 is 0 Å². The fraction of sp³-hybridized carbons (Fsp3) is 0.417. The second-order valence-electron chi connectivity index (χ2n) is 3.63. The summed E-state index contributed by atoms with van der Waals surface area (Å²) in [4.78, 5) is 0. The van der Waals surface area contributed by atoms with Crippen molar-refractivity contribution in [3.8, 4) is 0 Å². The first kappa shape index (κ1) is 8.61. The van der Waals surface area contributed by atoms with Gasteiger partial charge in [0.2, 0.25) is 0 Å². The minimum atomic E-state index is 1.28. The number of hydrogen-bond acceptors (Lipinski definition) is 1. The molecule has 1 heteroatoms. The van der Waals surface area contributed by atoms with Crippen LogP contribution in [0.5, 0.6) is 0 Å². The van der Waals surface area contributed by atoms with Gasteiger partial charge in [-0.3, -0.25) is 0 Å². The van der Waals surface area contributed by atoms with E-state index in [1.54, 1.807) is 5.92 Å². The van der Waals surface area contributed by atoms with Crippen molar-refractivity contribution in [1.29, 1.82) is 0 Å². The highest BCUT2D eigenvalue weighted by molar-refractivity contribution is 5.31. The lowest BCUT2D eigenvalue weighted by Crippen LogP contribution is -2.15. The molecule has 1 nitrogen and oxygen atoms in total. The molecule has 13 heavy (non-hydrogen) atoms. The molecule has 1 aliphatic carbocycles. The summed E-state index contributed by atoms with van der Waals surface area (Å²) in [5.41, 5.74) is 1.32. The van der Waals surface area contributed by atoms with Crippen LogP contribution >= 0.6 is 0 Å². The molecule has 0 saturated heterocycles. The smallest absolute Gasteiger partial charge is 0.0219 e. The average molecular weight is 174 g/mol. The van der Waals surface area contributed by atoms with Gasteiger partial charge < -0.3 is 5.32 Å². The monoisotopic (exact) mass is 174 g/mol. The average Bonchev–Trinajstić information content (AvgIpc) is 2.47. The minimum Gasteiger partial charge on any atom is -0.365 e. The van der Waals surface area contributed by atoms with Gasteiger partial charge in [0.1, 0.15) is 0 Å². The van der Waals surface area contributed by atoms with Crippen LogP contribution in [0.3, 0.4) is 0 Å². The Hall–Kier alpha value is -0.980. The van der Waals surface area contributed by atoms with E-state index < -0.39 is 0 Å². The molecule has 0 atom stereocenters. The lowest BCUT2D eigenvalue weighted by Gasteiger charge is -2.23. The molecular weight excluding hydrogens is 158 g/mol. The maximum atomic E-state index is 3.33. The summed E-state index contributed by atoms with van der Waals surface area (Å²) < 4.78 is 0. The summed E-state index contributed by atoms with van der Waals surface area (Å²) in [5.74, 6) is 1.60. The van der Waals surface area contributed by atoms with Crippen molar-refractivity contribution in [2.75, 3.05) is 0 Å². The standard InChI is InChI=1S/C12H16N/c1-3-7-11(8-4-1)12-9-5-2-6-10-13-12/h2,5-6,9-10,13H,1,3-4,7-8H2. The van der Waals surface area contributed by atoms with Gasteiger partial charge in [0, 0.05) is 17.8 Å². The van der Waals surface area contributed by atoms with E-state index in [1.807, 2.05) is 12.3 Å². The first-order valence-corrected chi connectivity index (χ1v) is 5.12. The van der Waals surface area contributed by atoms with E-state index in [4.69, 9.17) is 0 Å². The molecule has 0 amide bonds. The van der Waals surface area contributed by atoms with E-state index in [0.717, 1.165) is 0 Å². The molecule has 1 heterocycles. The van der Waals surface area contributed by atoms with E-state index in [9.17, 15) is 0 Å². The second kappa shape index (κ2) is 4.31. The Bertz CT molecular complexity index is 242. The van der Waals surface area contributed by atoms with E-state index in [2.05, 4.69) is 23.5 Å². The number of rotatable bonds is 1. The molecule has 1 saturated carbocycles. The Morgan fingerprint density at radius 2 is 1.77 bits per heavy atom. The number of nitrogens with one attached hydrogen (secondary N) is 1. The topological polar surface area (TPSA) is 12.0 Å². The minimum absolute atomic E-state index is 1.28. The highest BCUT2D eigenvalue weighted by Gasteiger charge is 2.17. The van der Waals surface area contributed by atoms with Crippen molar-refractivity contribution < 1.29 is 0 Å². The van der Waals surface area contributed by atoms with E-state index in [0.29, 0.717) is 0 Å². The summed E-state index contributed by atoms with van der Waals surface area (Å²) in [7, 11) is 0. The van der Waals surface area contributed by atoms with Gasteiger partial charge in [-0.05, 0) is 25.0 Å². The van der Waals surface area contributed by atoms with Crippen molar-refractivity contribution >= 4 is 0 Å². The van der Waals surface area contributed by atoms with Crippen molar-refractivity contribution in [3.05, 3.63) is 42.1 Å². The van der Waals surface area contributed by atoms with Crippen molar-refractivity contribution in [2.45, 2.75) is 32.1 Å². The van der Waals surface area contributed by atoms with Crippen molar-refractivity contribution in [2.24, 2.45) is 0 Å². The molecule has 1 N–H and O–H groups in total. The SMILES string of the molecule is C1=CC=C([C]2CCCCC2)NC=C1. The molecule has 69 valence electrons. The fourth-order valence-corrected chi connectivity index (χ4v) is 1.93. The van der Waals surface area contributed by atoms with Gasteiger partial charge in [0.05, 0.1) is 0 Å². The highest BCUT2D eigenvalue weighted by Crippen LogP contribution is 2.30. The zero-order valence-electron chi connectivity index (χ0n) is 7.92. The Balaban J connectivity index is 2.01.